The lowest BCUT2D eigenvalue weighted by atomic mass is 9.74. The van der Waals surface area contributed by atoms with Crippen LogP contribution in [-0.2, 0) is 0 Å². The van der Waals surface area contributed by atoms with Gasteiger partial charge in [0.15, 0.2) is 0 Å². The Balaban J connectivity index is 2.36. The molecule has 1 atom stereocenters. The molecule has 1 rings (SSSR count). The largest absolute Gasteiger partial charge is 0.316 e. The van der Waals surface area contributed by atoms with Crippen LogP contribution >= 0.6 is 0 Å². The van der Waals surface area contributed by atoms with E-state index in [1.807, 2.05) is 0 Å². The highest BCUT2D eigenvalue weighted by molar-refractivity contribution is 4.98. The Hall–Kier alpha value is -0.120. The topological polar surface area (TPSA) is 50.1 Å². The molecule has 0 radical (unpaired) electrons. The molecule has 1 heterocycles. The fraction of sp³-hybridized carbons (Fsp3) is 1.00. The molecule has 1 saturated heterocycles. The summed E-state index contributed by atoms with van der Waals surface area (Å²) < 4.78 is 0. The van der Waals surface area contributed by atoms with Crippen molar-refractivity contribution in [3.05, 3.63) is 0 Å². The van der Waals surface area contributed by atoms with Crippen LogP contribution in [0.2, 0.25) is 0 Å². The van der Waals surface area contributed by atoms with Crippen molar-refractivity contribution < 1.29 is 0 Å². The van der Waals surface area contributed by atoms with E-state index in [1.165, 1.54) is 25.7 Å². The number of piperidine rings is 1. The second-order valence-corrected chi connectivity index (χ2v) is 7.60. The van der Waals surface area contributed by atoms with E-state index < -0.39 is 0 Å². The van der Waals surface area contributed by atoms with Crippen LogP contribution < -0.4 is 16.4 Å². The van der Waals surface area contributed by atoms with Gasteiger partial charge in [0.25, 0.3) is 0 Å². The summed E-state index contributed by atoms with van der Waals surface area (Å²) in [6, 6.07) is 0. The monoisotopic (exact) mass is 269 g/mol. The van der Waals surface area contributed by atoms with Gasteiger partial charge >= 0.3 is 0 Å². The molecule has 0 saturated carbocycles. The fourth-order valence-corrected chi connectivity index (χ4v) is 3.64. The van der Waals surface area contributed by atoms with Crippen molar-refractivity contribution in [2.45, 2.75) is 90.4 Å². The molecule has 4 N–H and O–H groups in total. The quantitative estimate of drug-likeness (QED) is 0.492. The van der Waals surface area contributed by atoms with Gasteiger partial charge in [0.05, 0.1) is 6.17 Å². The van der Waals surface area contributed by atoms with Gasteiger partial charge in [-0.25, -0.2) is 0 Å². The SMILES string of the molecule is CCCCCCNC(N)C1CC(C)(C)NC(C)(C)C1. The average molecular weight is 269 g/mol. The van der Waals surface area contributed by atoms with Crippen LogP contribution in [0.5, 0.6) is 0 Å². The molecule has 1 unspecified atom stereocenters. The maximum atomic E-state index is 6.37. The maximum absolute atomic E-state index is 6.37. The van der Waals surface area contributed by atoms with Crippen molar-refractivity contribution in [3.63, 3.8) is 0 Å². The van der Waals surface area contributed by atoms with E-state index in [-0.39, 0.29) is 17.2 Å². The lowest BCUT2D eigenvalue weighted by Crippen LogP contribution is -2.61. The standard InChI is InChI=1S/C16H35N3/c1-6-7-8-9-10-18-14(17)13-11-15(2,3)19-16(4,5)12-13/h13-14,18-19H,6-12,17H2,1-5H3. The molecule has 19 heavy (non-hydrogen) atoms. The van der Waals surface area contributed by atoms with Crippen molar-refractivity contribution in [2.24, 2.45) is 11.7 Å². The first-order chi connectivity index (χ1) is 8.76. The van der Waals surface area contributed by atoms with E-state index in [4.69, 9.17) is 5.73 Å². The minimum atomic E-state index is 0.141. The molecule has 0 aromatic heterocycles. The lowest BCUT2D eigenvalue weighted by Gasteiger charge is -2.48. The van der Waals surface area contributed by atoms with Gasteiger partial charge in [-0.3, -0.25) is 0 Å². The van der Waals surface area contributed by atoms with E-state index in [9.17, 15) is 0 Å². The van der Waals surface area contributed by atoms with Gasteiger partial charge in [-0.05, 0) is 59.4 Å². The Kier molecular flexibility index (Phi) is 6.28. The van der Waals surface area contributed by atoms with E-state index in [0.717, 1.165) is 19.4 Å². The van der Waals surface area contributed by atoms with Crippen LogP contribution in [0.3, 0.4) is 0 Å². The Morgan fingerprint density at radius 1 is 1.11 bits per heavy atom. The zero-order valence-corrected chi connectivity index (χ0v) is 13.7. The molecule has 0 aromatic rings. The highest BCUT2D eigenvalue weighted by Crippen LogP contribution is 2.33. The highest BCUT2D eigenvalue weighted by atomic mass is 15.1. The maximum Gasteiger partial charge on any atom is 0.0576 e. The van der Waals surface area contributed by atoms with Crippen LogP contribution in [0.25, 0.3) is 0 Å². The minimum absolute atomic E-state index is 0.141. The molecule has 1 fully saturated rings. The number of hydrogen-bond donors (Lipinski definition) is 3. The normalized spacial score (nSPS) is 24.3. The molecule has 0 aliphatic carbocycles. The Morgan fingerprint density at radius 3 is 2.21 bits per heavy atom. The Labute approximate surface area is 120 Å². The van der Waals surface area contributed by atoms with Crippen molar-refractivity contribution >= 4 is 0 Å². The van der Waals surface area contributed by atoms with Crippen LogP contribution in [0, 0.1) is 5.92 Å². The molecule has 114 valence electrons. The average Bonchev–Trinajstić information content (AvgIpc) is 2.24. The molecular weight excluding hydrogens is 234 g/mol. The minimum Gasteiger partial charge on any atom is -0.316 e. The first-order valence-corrected chi connectivity index (χ1v) is 8.04. The fourth-order valence-electron chi connectivity index (χ4n) is 3.64. The Bertz CT molecular complexity index is 245. The third kappa shape index (κ3) is 6.24. The Morgan fingerprint density at radius 2 is 1.68 bits per heavy atom. The molecule has 0 bridgehead atoms. The van der Waals surface area contributed by atoms with Crippen molar-refractivity contribution in [3.8, 4) is 0 Å². The van der Waals surface area contributed by atoms with Gasteiger partial charge in [0.1, 0.15) is 0 Å². The molecule has 3 heteroatoms. The summed E-state index contributed by atoms with van der Waals surface area (Å²) in [5.74, 6) is 0.567. The van der Waals surface area contributed by atoms with Crippen LogP contribution in [0.1, 0.15) is 73.1 Å². The summed E-state index contributed by atoms with van der Waals surface area (Å²) in [7, 11) is 0. The van der Waals surface area contributed by atoms with E-state index in [0.29, 0.717) is 5.92 Å². The van der Waals surface area contributed by atoms with Gasteiger partial charge in [-0.2, -0.15) is 0 Å². The second kappa shape index (κ2) is 7.05. The van der Waals surface area contributed by atoms with Gasteiger partial charge in [0, 0.05) is 11.1 Å². The summed E-state index contributed by atoms with van der Waals surface area (Å²) in [6.45, 7) is 12.5. The van der Waals surface area contributed by atoms with E-state index in [2.05, 4.69) is 45.3 Å². The first-order valence-electron chi connectivity index (χ1n) is 8.04. The van der Waals surface area contributed by atoms with E-state index >= 15 is 0 Å². The molecule has 1 aliphatic heterocycles. The molecule has 3 nitrogen and oxygen atoms in total. The summed E-state index contributed by atoms with van der Waals surface area (Å²) in [6.07, 6.45) is 7.65. The van der Waals surface area contributed by atoms with Crippen molar-refractivity contribution in [2.75, 3.05) is 6.54 Å². The van der Waals surface area contributed by atoms with Gasteiger partial charge in [0.2, 0.25) is 0 Å². The van der Waals surface area contributed by atoms with E-state index in [1.54, 1.807) is 0 Å². The third-order valence-corrected chi connectivity index (χ3v) is 4.14. The molecular formula is C16H35N3. The number of nitrogens with one attached hydrogen (secondary N) is 2. The summed E-state index contributed by atoms with van der Waals surface area (Å²) >= 11 is 0. The van der Waals surface area contributed by atoms with Crippen molar-refractivity contribution in [1.29, 1.82) is 0 Å². The molecule has 0 aromatic carbocycles. The van der Waals surface area contributed by atoms with Crippen molar-refractivity contribution in [1.82, 2.24) is 10.6 Å². The van der Waals surface area contributed by atoms with Crippen LogP contribution in [0.4, 0.5) is 0 Å². The molecule has 1 aliphatic rings. The predicted octanol–water partition coefficient (Wildman–Crippen LogP) is 3.00. The van der Waals surface area contributed by atoms with Gasteiger partial charge < -0.3 is 16.4 Å². The van der Waals surface area contributed by atoms with Gasteiger partial charge in [-0.15, -0.1) is 0 Å². The number of hydrogen-bond acceptors (Lipinski definition) is 3. The predicted molar refractivity (Wildman–Crippen MR) is 84.1 cm³/mol. The molecule has 0 spiro atoms. The van der Waals surface area contributed by atoms with Crippen LogP contribution in [0.15, 0.2) is 0 Å². The highest BCUT2D eigenvalue weighted by Gasteiger charge is 2.39. The smallest absolute Gasteiger partial charge is 0.0576 e. The molecule has 0 amide bonds. The lowest BCUT2D eigenvalue weighted by molar-refractivity contribution is 0.105. The second-order valence-electron chi connectivity index (χ2n) is 7.60. The number of nitrogens with two attached hydrogens (primary N) is 1. The number of unbranched alkanes of at least 4 members (excludes halogenated alkanes) is 3. The van der Waals surface area contributed by atoms with Gasteiger partial charge in [-0.1, -0.05) is 26.2 Å². The summed E-state index contributed by atoms with van der Waals surface area (Å²) in [5, 5.41) is 7.25. The number of rotatable bonds is 7. The zero-order chi connectivity index (χ0) is 14.5. The first kappa shape index (κ1) is 16.9. The van der Waals surface area contributed by atoms with Crippen LogP contribution in [-0.4, -0.2) is 23.8 Å². The third-order valence-electron chi connectivity index (χ3n) is 4.14. The zero-order valence-electron chi connectivity index (χ0n) is 13.7. The summed E-state index contributed by atoms with van der Waals surface area (Å²) in [5.41, 5.74) is 6.74. The summed E-state index contributed by atoms with van der Waals surface area (Å²) in [4.78, 5) is 0.